The van der Waals surface area contributed by atoms with E-state index < -0.39 is 10.9 Å². The number of carbonyl (C=O) groups is 2. The Balaban J connectivity index is 2.16. The van der Waals surface area contributed by atoms with Gasteiger partial charge in [-0.3, -0.25) is 4.79 Å². The number of hydrogen-bond donors (Lipinski definition) is 1. The Morgan fingerprint density at radius 3 is 2.17 bits per heavy atom. The summed E-state index contributed by atoms with van der Waals surface area (Å²) in [6, 6.07) is 18.1. The molecule has 4 nitrogen and oxygen atoms in total. The van der Waals surface area contributed by atoms with Gasteiger partial charge in [-0.05, 0) is 24.1 Å². The molecule has 5 heteroatoms. The molecule has 0 aliphatic carbocycles. The van der Waals surface area contributed by atoms with E-state index in [4.69, 9.17) is 0 Å². The second-order valence-corrected chi connectivity index (χ2v) is 6.13. The van der Waals surface area contributed by atoms with Crippen molar-refractivity contribution in [2.24, 2.45) is 0 Å². The van der Waals surface area contributed by atoms with Crippen LogP contribution in [-0.2, 0) is 11.3 Å². The van der Waals surface area contributed by atoms with Gasteiger partial charge >= 0.3 is 6.03 Å². The predicted molar refractivity (Wildman–Crippen MR) is 95.6 cm³/mol. The van der Waals surface area contributed by atoms with Gasteiger partial charge < -0.3 is 5.32 Å². The molecule has 2 rings (SSSR count). The number of hydrogen-bond acceptors (Lipinski definition) is 2. The van der Waals surface area contributed by atoms with E-state index >= 15 is 0 Å². The Kier molecular flexibility index (Phi) is 6.35. The molecule has 0 spiro atoms. The van der Waals surface area contributed by atoms with E-state index in [-0.39, 0.29) is 5.91 Å². The molecule has 2 aromatic rings. The van der Waals surface area contributed by atoms with Gasteiger partial charge in [-0.1, -0.05) is 71.4 Å². The fourth-order valence-corrected chi connectivity index (χ4v) is 2.29. The summed E-state index contributed by atoms with van der Waals surface area (Å²) in [5.41, 5.74) is 1.54. The van der Waals surface area contributed by atoms with Gasteiger partial charge in [0.15, 0.2) is 0 Å². The Bertz CT molecular complexity index is 647. The average molecular weight is 375 g/mol. The first-order valence-electron chi connectivity index (χ1n) is 7.48. The summed E-state index contributed by atoms with van der Waals surface area (Å²) in [5.74, 6) is -0.274. The largest absolute Gasteiger partial charge is 0.333 e. The van der Waals surface area contributed by atoms with Crippen LogP contribution in [0.4, 0.5) is 10.5 Å². The monoisotopic (exact) mass is 374 g/mol. The minimum Gasteiger partial charge on any atom is -0.333 e. The minimum absolute atomic E-state index is 0.274. The van der Waals surface area contributed by atoms with Crippen LogP contribution in [0.5, 0.6) is 0 Å². The highest BCUT2D eigenvalue weighted by Gasteiger charge is 2.27. The van der Waals surface area contributed by atoms with Crippen LogP contribution in [0.3, 0.4) is 0 Å². The van der Waals surface area contributed by atoms with Gasteiger partial charge in [0, 0.05) is 6.54 Å². The molecule has 1 N–H and O–H groups in total. The van der Waals surface area contributed by atoms with E-state index in [0.717, 1.165) is 5.56 Å². The minimum atomic E-state index is -0.428. The molecule has 0 heterocycles. The summed E-state index contributed by atoms with van der Waals surface area (Å²) in [6.07, 6.45) is 0.605. The fourth-order valence-electron chi connectivity index (χ4n) is 2.09. The molecule has 0 radical (unpaired) electrons. The maximum Gasteiger partial charge on any atom is 0.329 e. The SMILES string of the molecule is CCC(Br)C(=O)N(C(=O)NCc1ccccc1)c1ccccc1. The van der Waals surface area contributed by atoms with Crippen molar-refractivity contribution >= 4 is 33.6 Å². The maximum absolute atomic E-state index is 12.6. The number of urea groups is 1. The zero-order valence-electron chi connectivity index (χ0n) is 12.9. The van der Waals surface area contributed by atoms with Gasteiger partial charge in [-0.25, -0.2) is 9.69 Å². The Hall–Kier alpha value is -2.14. The lowest BCUT2D eigenvalue weighted by Crippen LogP contribution is -2.46. The second-order valence-electron chi connectivity index (χ2n) is 5.03. The molecule has 120 valence electrons. The predicted octanol–water partition coefficient (Wildman–Crippen LogP) is 4.10. The highest BCUT2D eigenvalue weighted by molar-refractivity contribution is 9.10. The molecule has 0 aliphatic heterocycles. The van der Waals surface area contributed by atoms with Gasteiger partial charge in [0.25, 0.3) is 0 Å². The third-order valence-corrected chi connectivity index (χ3v) is 4.39. The Labute approximate surface area is 144 Å². The maximum atomic E-state index is 12.6. The third kappa shape index (κ3) is 4.66. The van der Waals surface area contributed by atoms with Crippen molar-refractivity contribution in [3.8, 4) is 0 Å². The van der Waals surface area contributed by atoms with Crippen LogP contribution in [0.15, 0.2) is 60.7 Å². The highest BCUT2D eigenvalue weighted by Crippen LogP contribution is 2.18. The van der Waals surface area contributed by atoms with E-state index in [1.165, 1.54) is 4.90 Å². The molecule has 0 bridgehead atoms. The zero-order chi connectivity index (χ0) is 16.7. The van der Waals surface area contributed by atoms with Crippen LogP contribution in [0.25, 0.3) is 0 Å². The number of anilines is 1. The van der Waals surface area contributed by atoms with Crippen molar-refractivity contribution in [2.45, 2.75) is 24.7 Å². The summed E-state index contributed by atoms with van der Waals surface area (Å²) in [5, 5.41) is 2.80. The molecule has 0 aliphatic rings. The summed E-state index contributed by atoms with van der Waals surface area (Å²) in [7, 11) is 0. The Morgan fingerprint density at radius 2 is 1.61 bits per heavy atom. The molecule has 23 heavy (non-hydrogen) atoms. The lowest BCUT2D eigenvalue weighted by Gasteiger charge is -2.23. The number of halogens is 1. The summed E-state index contributed by atoms with van der Waals surface area (Å²) < 4.78 is 0. The van der Waals surface area contributed by atoms with Crippen LogP contribution in [0, 0.1) is 0 Å². The van der Waals surface area contributed by atoms with E-state index in [1.54, 1.807) is 24.3 Å². The highest BCUT2D eigenvalue weighted by atomic mass is 79.9. The first-order chi connectivity index (χ1) is 11.1. The molecule has 0 aromatic heterocycles. The van der Waals surface area contributed by atoms with Crippen molar-refractivity contribution < 1.29 is 9.59 Å². The average Bonchev–Trinajstić information content (AvgIpc) is 2.61. The smallest absolute Gasteiger partial charge is 0.329 e. The number of rotatable bonds is 5. The van der Waals surface area contributed by atoms with Crippen LogP contribution >= 0.6 is 15.9 Å². The molecule has 2 aromatic carbocycles. The summed E-state index contributed by atoms with van der Waals surface area (Å²) in [4.78, 5) is 25.9. The van der Waals surface area contributed by atoms with Gasteiger partial charge in [0.05, 0.1) is 10.5 Å². The molecular weight excluding hydrogens is 356 g/mol. The third-order valence-electron chi connectivity index (χ3n) is 3.35. The Morgan fingerprint density at radius 1 is 1.04 bits per heavy atom. The molecule has 1 unspecified atom stereocenters. The van der Waals surface area contributed by atoms with Gasteiger partial charge in [-0.2, -0.15) is 0 Å². The van der Waals surface area contributed by atoms with Crippen LogP contribution in [0.1, 0.15) is 18.9 Å². The number of alkyl halides is 1. The van der Waals surface area contributed by atoms with E-state index in [0.29, 0.717) is 18.7 Å². The standard InChI is InChI=1S/C18H19BrN2O2/c1-2-16(19)17(22)21(15-11-7-4-8-12-15)18(23)20-13-14-9-5-3-6-10-14/h3-12,16H,2,13H2,1H3,(H,20,23). The number of benzene rings is 2. The second kappa shape index (κ2) is 8.48. The number of amides is 3. The van der Waals surface area contributed by atoms with Crippen molar-refractivity contribution in [1.82, 2.24) is 5.32 Å². The van der Waals surface area contributed by atoms with Crippen molar-refractivity contribution in [3.05, 3.63) is 66.2 Å². The molecule has 0 fully saturated rings. The summed E-state index contributed by atoms with van der Waals surface area (Å²) >= 11 is 3.33. The zero-order valence-corrected chi connectivity index (χ0v) is 14.5. The number of carbonyl (C=O) groups excluding carboxylic acids is 2. The number of imide groups is 1. The lowest BCUT2D eigenvalue weighted by molar-refractivity contribution is -0.117. The van der Waals surface area contributed by atoms with Crippen molar-refractivity contribution in [2.75, 3.05) is 4.90 Å². The quantitative estimate of drug-likeness (QED) is 0.800. The van der Waals surface area contributed by atoms with Crippen LogP contribution in [0.2, 0.25) is 0 Å². The summed E-state index contributed by atoms with van der Waals surface area (Å²) in [6.45, 7) is 2.26. The fraction of sp³-hybridized carbons (Fsp3) is 0.222. The van der Waals surface area contributed by atoms with E-state index in [2.05, 4.69) is 21.2 Å². The van der Waals surface area contributed by atoms with Gasteiger partial charge in [-0.15, -0.1) is 0 Å². The molecule has 0 saturated carbocycles. The van der Waals surface area contributed by atoms with Crippen molar-refractivity contribution in [3.63, 3.8) is 0 Å². The van der Waals surface area contributed by atoms with E-state index in [1.807, 2.05) is 43.3 Å². The first-order valence-corrected chi connectivity index (χ1v) is 8.40. The lowest BCUT2D eigenvalue weighted by atomic mass is 10.2. The first kappa shape index (κ1) is 17.2. The molecule has 1 atom stereocenters. The molecule has 0 saturated heterocycles. The molecular formula is C18H19BrN2O2. The molecule has 3 amide bonds. The number of nitrogens with one attached hydrogen (secondary N) is 1. The van der Waals surface area contributed by atoms with Gasteiger partial charge in [0.2, 0.25) is 5.91 Å². The normalized spacial score (nSPS) is 11.6. The van der Waals surface area contributed by atoms with Crippen LogP contribution < -0.4 is 10.2 Å². The topological polar surface area (TPSA) is 49.4 Å². The van der Waals surface area contributed by atoms with E-state index in [9.17, 15) is 9.59 Å². The van der Waals surface area contributed by atoms with Crippen LogP contribution in [-0.4, -0.2) is 16.8 Å². The van der Waals surface area contributed by atoms with Gasteiger partial charge in [0.1, 0.15) is 0 Å². The van der Waals surface area contributed by atoms with Crippen molar-refractivity contribution in [1.29, 1.82) is 0 Å². The number of para-hydroxylation sites is 1. The number of nitrogens with zero attached hydrogens (tertiary/aromatic N) is 1.